The van der Waals surface area contributed by atoms with Gasteiger partial charge in [-0.1, -0.05) is 6.07 Å². The van der Waals surface area contributed by atoms with Crippen LogP contribution in [0.1, 0.15) is 5.56 Å². The maximum absolute atomic E-state index is 10.1. The number of ether oxygens (including phenoxy) is 2. The molecule has 7 N–H and O–H groups in total. The van der Waals surface area contributed by atoms with Crippen LogP contribution < -0.4 is 14.8 Å². The molecule has 0 saturated heterocycles. The first-order valence-electron chi connectivity index (χ1n) is 5.63. The van der Waals surface area contributed by atoms with E-state index in [2.05, 4.69) is 14.8 Å². The Hall–Kier alpha value is -1.95. The fourth-order valence-electron chi connectivity index (χ4n) is 1.44. The first kappa shape index (κ1) is 17.1. The summed E-state index contributed by atoms with van der Waals surface area (Å²) in [6.45, 7) is 0.273. The van der Waals surface area contributed by atoms with Crippen molar-refractivity contribution in [3.8, 4) is 11.5 Å². The van der Waals surface area contributed by atoms with Crippen LogP contribution in [0.25, 0.3) is 0 Å². The average Bonchev–Trinajstić information content (AvgIpc) is 2.29. The quantitative estimate of drug-likeness (QED) is 0.149. The Morgan fingerprint density at radius 2 is 1.57 bits per heavy atom. The zero-order valence-corrected chi connectivity index (χ0v) is 10.6. The van der Waals surface area contributed by atoms with Crippen molar-refractivity contribution >= 4 is 6.41 Å². The van der Waals surface area contributed by atoms with E-state index in [0.29, 0.717) is 18.4 Å². The van der Waals surface area contributed by atoms with E-state index in [9.17, 15) is 4.79 Å². The fraction of sp³-hybridized carbons (Fsp3) is 0.364. The molecule has 10 heteroatoms. The molecule has 1 rings (SSSR count). The topological polar surface area (TPSA) is 169 Å². The van der Waals surface area contributed by atoms with Crippen LogP contribution in [0.5, 0.6) is 11.5 Å². The van der Waals surface area contributed by atoms with Gasteiger partial charge in [0.1, 0.15) is 0 Å². The summed E-state index contributed by atoms with van der Waals surface area (Å²) in [5, 5.41) is 55.0. The Kier molecular flexibility index (Phi) is 5.43. The molecule has 1 aromatic rings. The molecule has 1 aromatic carbocycles. The van der Waals surface area contributed by atoms with Crippen LogP contribution in [0, 0.1) is 0 Å². The largest absolute Gasteiger partial charge is 0.453 e. The molecule has 0 aromatic heterocycles. The standard InChI is InChI=1S/C11H15NO9/c13-6-12-4-3-7-1-2-8(20-10(14,15)16)9(5-7)21-11(17,18)19/h1-2,5-6,14-19H,3-4H2,(H,12,13). The van der Waals surface area contributed by atoms with Gasteiger partial charge in [-0.15, -0.1) is 0 Å². The van der Waals surface area contributed by atoms with Gasteiger partial charge < -0.3 is 45.4 Å². The molecular formula is C11H15NO9. The molecule has 0 atom stereocenters. The van der Waals surface area contributed by atoms with Crippen molar-refractivity contribution < 1.29 is 44.9 Å². The van der Waals surface area contributed by atoms with Gasteiger partial charge in [-0.25, -0.2) is 0 Å². The van der Waals surface area contributed by atoms with Crippen LogP contribution in [0.2, 0.25) is 0 Å². The summed E-state index contributed by atoms with van der Waals surface area (Å²) in [6.07, 6.45) is -6.25. The van der Waals surface area contributed by atoms with E-state index in [-0.39, 0.29) is 6.54 Å². The van der Waals surface area contributed by atoms with Crippen LogP contribution in [0.3, 0.4) is 0 Å². The fourth-order valence-corrected chi connectivity index (χ4v) is 1.44. The van der Waals surface area contributed by atoms with Crippen molar-refractivity contribution in [2.75, 3.05) is 6.54 Å². The molecule has 0 aliphatic heterocycles. The second-order valence-electron chi connectivity index (χ2n) is 3.95. The van der Waals surface area contributed by atoms with Crippen molar-refractivity contribution in [3.63, 3.8) is 0 Å². The lowest BCUT2D eigenvalue weighted by atomic mass is 10.1. The van der Waals surface area contributed by atoms with E-state index in [1.165, 1.54) is 12.1 Å². The highest BCUT2D eigenvalue weighted by Gasteiger charge is 2.28. The Labute approximate surface area is 118 Å². The summed E-state index contributed by atoms with van der Waals surface area (Å²) in [5.74, 6) is -0.983. The predicted octanol–water partition coefficient (Wildman–Crippen LogP) is -3.09. The van der Waals surface area contributed by atoms with Crippen molar-refractivity contribution in [1.82, 2.24) is 5.32 Å². The summed E-state index contributed by atoms with van der Waals surface area (Å²) in [6, 6.07) is 3.72. The van der Waals surface area contributed by atoms with Gasteiger partial charge in [0.15, 0.2) is 11.5 Å². The molecule has 0 aliphatic carbocycles. The highest BCUT2D eigenvalue weighted by molar-refractivity contribution is 5.46. The molecule has 118 valence electrons. The van der Waals surface area contributed by atoms with Crippen LogP contribution >= 0.6 is 0 Å². The highest BCUT2D eigenvalue weighted by Crippen LogP contribution is 2.31. The third-order valence-corrected chi connectivity index (χ3v) is 2.14. The Bertz CT molecular complexity index is 478. The van der Waals surface area contributed by atoms with E-state index >= 15 is 0 Å². The third kappa shape index (κ3) is 6.85. The number of amides is 1. The molecule has 10 nitrogen and oxygen atoms in total. The molecule has 0 fully saturated rings. The average molecular weight is 305 g/mol. The van der Waals surface area contributed by atoms with E-state index in [0.717, 1.165) is 6.07 Å². The van der Waals surface area contributed by atoms with Crippen LogP contribution in [-0.2, 0) is 11.2 Å². The maximum atomic E-state index is 10.1. The molecule has 0 bridgehead atoms. The second kappa shape index (κ2) is 6.67. The first-order valence-corrected chi connectivity index (χ1v) is 5.63. The van der Waals surface area contributed by atoms with Gasteiger partial charge in [0.25, 0.3) is 0 Å². The number of rotatable bonds is 8. The second-order valence-corrected chi connectivity index (χ2v) is 3.95. The lowest BCUT2D eigenvalue weighted by molar-refractivity contribution is -0.428. The molecule has 0 heterocycles. The van der Waals surface area contributed by atoms with E-state index < -0.39 is 23.8 Å². The smallest absolute Gasteiger partial charge is 0.413 e. The predicted molar refractivity (Wildman–Crippen MR) is 64.2 cm³/mol. The molecule has 1 amide bonds. The Morgan fingerprint density at radius 3 is 2.10 bits per heavy atom. The van der Waals surface area contributed by atoms with Crippen molar-refractivity contribution in [1.29, 1.82) is 0 Å². The zero-order chi connectivity index (χ0) is 16.1. The molecule has 0 aliphatic rings. The lowest BCUT2D eigenvalue weighted by Gasteiger charge is -2.21. The summed E-state index contributed by atoms with van der Waals surface area (Å²) in [4.78, 5) is 10.1. The van der Waals surface area contributed by atoms with Gasteiger partial charge in [0, 0.05) is 6.54 Å². The van der Waals surface area contributed by atoms with Crippen LogP contribution in [-0.4, -0.2) is 55.9 Å². The number of hydrogen-bond donors (Lipinski definition) is 7. The van der Waals surface area contributed by atoms with Gasteiger partial charge in [-0.2, -0.15) is 0 Å². The monoisotopic (exact) mass is 305 g/mol. The highest BCUT2D eigenvalue weighted by atomic mass is 16.9. The van der Waals surface area contributed by atoms with Crippen molar-refractivity contribution in [2.45, 2.75) is 18.7 Å². The summed E-state index contributed by atoms with van der Waals surface area (Å²) >= 11 is 0. The van der Waals surface area contributed by atoms with Gasteiger partial charge in [-0.05, 0) is 24.1 Å². The molecule has 0 unspecified atom stereocenters. The van der Waals surface area contributed by atoms with Gasteiger partial charge >= 0.3 is 12.3 Å². The molecule has 0 saturated carbocycles. The number of carbonyl (C=O) groups is 1. The molecule has 21 heavy (non-hydrogen) atoms. The molecular weight excluding hydrogens is 290 g/mol. The number of aliphatic hydroxyl groups is 6. The summed E-state index contributed by atoms with van der Waals surface area (Å²) < 4.78 is 8.64. The lowest BCUT2D eigenvalue weighted by Crippen LogP contribution is -2.37. The van der Waals surface area contributed by atoms with E-state index in [1.807, 2.05) is 0 Å². The third-order valence-electron chi connectivity index (χ3n) is 2.14. The number of nitrogens with one attached hydrogen (secondary N) is 1. The number of carbonyl (C=O) groups excluding carboxylic acids is 1. The minimum atomic E-state index is -3.54. The van der Waals surface area contributed by atoms with E-state index in [4.69, 9.17) is 30.6 Å². The Balaban J connectivity index is 2.99. The normalized spacial score (nSPS) is 11.9. The van der Waals surface area contributed by atoms with Crippen molar-refractivity contribution in [2.24, 2.45) is 0 Å². The first-order chi connectivity index (χ1) is 9.61. The number of benzene rings is 1. The SMILES string of the molecule is O=CNCCc1ccc(OC(O)(O)O)c(OC(O)(O)O)c1. The van der Waals surface area contributed by atoms with Crippen molar-refractivity contribution in [3.05, 3.63) is 23.8 Å². The van der Waals surface area contributed by atoms with E-state index in [1.54, 1.807) is 0 Å². The minimum absolute atomic E-state index is 0.273. The Morgan fingerprint density at radius 1 is 1.00 bits per heavy atom. The molecule has 0 spiro atoms. The van der Waals surface area contributed by atoms with Crippen LogP contribution in [0.4, 0.5) is 0 Å². The summed E-state index contributed by atoms with van der Waals surface area (Å²) in [7, 11) is 0. The van der Waals surface area contributed by atoms with Crippen LogP contribution in [0.15, 0.2) is 18.2 Å². The molecule has 0 radical (unpaired) electrons. The van der Waals surface area contributed by atoms with Gasteiger partial charge in [0.2, 0.25) is 6.41 Å². The minimum Gasteiger partial charge on any atom is -0.413 e. The van der Waals surface area contributed by atoms with Gasteiger partial charge in [-0.3, -0.25) is 4.79 Å². The summed E-state index contributed by atoms with van der Waals surface area (Å²) in [5.41, 5.74) is 0.523. The zero-order valence-electron chi connectivity index (χ0n) is 10.6. The maximum Gasteiger partial charge on any atom is 0.453 e. The van der Waals surface area contributed by atoms with Gasteiger partial charge in [0.05, 0.1) is 0 Å². The number of hydrogen-bond acceptors (Lipinski definition) is 9.